The lowest BCUT2D eigenvalue weighted by Gasteiger charge is -2.38. The first-order chi connectivity index (χ1) is 17.4. The van der Waals surface area contributed by atoms with Crippen LogP contribution in [-0.2, 0) is 19.1 Å². The average Bonchev–Trinajstić information content (AvgIpc) is 2.87. The number of carbonyl (C=O) groups is 2. The van der Waals surface area contributed by atoms with Gasteiger partial charge in [-0.1, -0.05) is 12.1 Å². The highest BCUT2D eigenvalue weighted by molar-refractivity contribution is 6.15. The van der Waals surface area contributed by atoms with E-state index in [2.05, 4.69) is 11.4 Å². The number of hydrogen-bond acceptors (Lipinski definition) is 7. The van der Waals surface area contributed by atoms with Gasteiger partial charge >= 0.3 is 5.97 Å². The molecule has 1 fully saturated rings. The Bertz CT molecular complexity index is 1130. The molecule has 1 saturated carbocycles. The highest BCUT2D eigenvalue weighted by atomic mass is 16.5. The maximum Gasteiger partial charge on any atom is 0.302 e. The van der Waals surface area contributed by atoms with Crippen molar-refractivity contribution in [3.05, 3.63) is 53.1 Å². The second kappa shape index (κ2) is 11.6. The van der Waals surface area contributed by atoms with Crippen molar-refractivity contribution in [1.82, 2.24) is 0 Å². The van der Waals surface area contributed by atoms with Crippen LogP contribution in [0.25, 0.3) is 0 Å². The Hall–Kier alpha value is -3.39. The summed E-state index contributed by atoms with van der Waals surface area (Å²) in [4.78, 5) is 28.8. The number of nitrogens with one attached hydrogen (secondary N) is 1. The minimum Gasteiger partial charge on any atom is -0.493 e. The second-order valence-corrected chi connectivity index (χ2v) is 9.09. The molecule has 0 saturated heterocycles. The van der Waals surface area contributed by atoms with Crippen molar-refractivity contribution in [3.63, 3.8) is 0 Å². The molecule has 8 heteroatoms. The van der Waals surface area contributed by atoms with Gasteiger partial charge in [0.2, 0.25) is 5.91 Å². The number of methoxy groups -OCH3 is 2. The topological polar surface area (TPSA) is 95.5 Å². The minimum absolute atomic E-state index is 0.0793. The third-order valence-corrected chi connectivity index (χ3v) is 6.66. The monoisotopic (exact) mass is 494 g/mol. The Morgan fingerprint density at radius 3 is 2.53 bits per heavy atom. The summed E-state index contributed by atoms with van der Waals surface area (Å²) in [5, 5.41) is 2.89. The van der Waals surface area contributed by atoms with Gasteiger partial charge in [-0.3, -0.25) is 14.6 Å². The molecule has 3 atom stereocenters. The summed E-state index contributed by atoms with van der Waals surface area (Å²) >= 11 is 0. The third kappa shape index (κ3) is 5.70. The van der Waals surface area contributed by atoms with E-state index in [1.165, 1.54) is 6.92 Å². The van der Waals surface area contributed by atoms with Crippen molar-refractivity contribution in [2.24, 2.45) is 4.99 Å². The molecule has 1 heterocycles. The van der Waals surface area contributed by atoms with Crippen LogP contribution in [0.4, 0.5) is 5.69 Å². The molecule has 36 heavy (non-hydrogen) atoms. The fraction of sp³-hybridized carbons (Fsp3) is 0.464. The Kier molecular flexibility index (Phi) is 8.25. The predicted molar refractivity (Wildman–Crippen MR) is 137 cm³/mol. The fourth-order valence-electron chi connectivity index (χ4n) is 5.06. The highest BCUT2D eigenvalue weighted by Crippen LogP contribution is 2.45. The molecule has 1 N–H and O–H groups in total. The summed E-state index contributed by atoms with van der Waals surface area (Å²) < 4.78 is 22.1. The molecule has 0 bridgehead atoms. The van der Waals surface area contributed by atoms with Crippen molar-refractivity contribution in [2.45, 2.75) is 57.6 Å². The summed E-state index contributed by atoms with van der Waals surface area (Å²) in [6, 6.07) is 11.9. The number of carbonyl (C=O) groups excluding carboxylic acids is 2. The van der Waals surface area contributed by atoms with E-state index in [9.17, 15) is 9.59 Å². The van der Waals surface area contributed by atoms with Gasteiger partial charge < -0.3 is 24.3 Å². The van der Waals surface area contributed by atoms with Gasteiger partial charge in [0.1, 0.15) is 6.10 Å². The number of fused-ring (bicyclic) bond motifs is 3. The SMILES string of the molecule is CCOc1cc2c(cc1OC)C(c1ccc(NC(=O)CCOC)cc1)=NC1CCC(OC(C)=O)CC21. The molecule has 2 aromatic rings. The summed E-state index contributed by atoms with van der Waals surface area (Å²) in [5.74, 6) is 1.12. The van der Waals surface area contributed by atoms with Crippen LogP contribution in [0.3, 0.4) is 0 Å². The van der Waals surface area contributed by atoms with Crippen molar-refractivity contribution < 1.29 is 28.5 Å². The molecule has 8 nitrogen and oxygen atoms in total. The van der Waals surface area contributed by atoms with E-state index < -0.39 is 0 Å². The van der Waals surface area contributed by atoms with Crippen molar-refractivity contribution in [1.29, 1.82) is 0 Å². The van der Waals surface area contributed by atoms with Crippen LogP contribution in [-0.4, -0.2) is 57.2 Å². The number of rotatable bonds is 9. The quantitative estimate of drug-likeness (QED) is 0.516. The molecule has 3 unspecified atom stereocenters. The van der Waals surface area contributed by atoms with E-state index >= 15 is 0 Å². The van der Waals surface area contributed by atoms with Crippen LogP contribution in [0, 0.1) is 0 Å². The van der Waals surface area contributed by atoms with Gasteiger partial charge in [-0.05, 0) is 56.0 Å². The number of ether oxygens (including phenoxy) is 4. The second-order valence-electron chi connectivity index (χ2n) is 9.09. The molecule has 4 rings (SSSR count). The Morgan fingerprint density at radius 2 is 1.86 bits per heavy atom. The third-order valence-electron chi connectivity index (χ3n) is 6.66. The first-order valence-electron chi connectivity index (χ1n) is 12.4. The Labute approximate surface area is 212 Å². The standard InChI is InChI=1S/C28H34N2O6/c1-5-35-26-15-21-22-14-20(36-17(2)31)10-11-24(22)30-28(23(21)16-25(26)34-4)18-6-8-19(9-7-18)29-27(32)12-13-33-3/h6-9,15-16,20,22,24H,5,10-14H2,1-4H3,(H,29,32). The van der Waals surface area contributed by atoms with Crippen molar-refractivity contribution >= 4 is 23.3 Å². The molecule has 0 aromatic heterocycles. The summed E-state index contributed by atoms with van der Waals surface area (Å²) in [6.45, 7) is 4.31. The first-order valence-corrected chi connectivity index (χ1v) is 12.4. The van der Waals surface area contributed by atoms with Crippen LogP contribution in [0.1, 0.15) is 62.1 Å². The zero-order valence-electron chi connectivity index (χ0n) is 21.3. The number of hydrogen-bond donors (Lipinski definition) is 1. The molecule has 2 aromatic carbocycles. The molecular weight excluding hydrogens is 460 g/mol. The van der Waals surface area contributed by atoms with Crippen LogP contribution in [0.15, 0.2) is 41.4 Å². The first kappa shape index (κ1) is 25.7. The van der Waals surface area contributed by atoms with Gasteiger partial charge in [0, 0.05) is 36.8 Å². The summed E-state index contributed by atoms with van der Waals surface area (Å²) in [5.41, 5.74) is 4.68. The number of amides is 1. The number of nitrogens with zero attached hydrogens (tertiary/aromatic N) is 1. The minimum atomic E-state index is -0.252. The zero-order chi connectivity index (χ0) is 25.7. The van der Waals surface area contributed by atoms with E-state index in [0.29, 0.717) is 31.1 Å². The van der Waals surface area contributed by atoms with E-state index in [0.717, 1.165) is 47.4 Å². The van der Waals surface area contributed by atoms with Crippen LogP contribution >= 0.6 is 0 Å². The number of esters is 1. The van der Waals surface area contributed by atoms with E-state index in [-0.39, 0.29) is 29.9 Å². The number of aliphatic imine (C=N–C) groups is 1. The Balaban J connectivity index is 1.69. The maximum atomic E-state index is 12.1. The largest absolute Gasteiger partial charge is 0.493 e. The molecular formula is C28H34N2O6. The van der Waals surface area contributed by atoms with Gasteiger partial charge in [0.15, 0.2) is 11.5 Å². The van der Waals surface area contributed by atoms with E-state index in [1.807, 2.05) is 37.3 Å². The van der Waals surface area contributed by atoms with Crippen molar-refractivity contribution in [3.8, 4) is 11.5 Å². The van der Waals surface area contributed by atoms with Crippen LogP contribution in [0.5, 0.6) is 11.5 Å². The molecule has 0 spiro atoms. The smallest absolute Gasteiger partial charge is 0.302 e. The predicted octanol–water partition coefficient (Wildman–Crippen LogP) is 4.49. The molecule has 1 aliphatic carbocycles. The lowest BCUT2D eigenvalue weighted by molar-refractivity contribution is -0.148. The lowest BCUT2D eigenvalue weighted by atomic mass is 9.74. The van der Waals surface area contributed by atoms with Crippen LogP contribution < -0.4 is 14.8 Å². The lowest BCUT2D eigenvalue weighted by Crippen LogP contribution is -2.36. The highest BCUT2D eigenvalue weighted by Gasteiger charge is 2.38. The average molecular weight is 495 g/mol. The Morgan fingerprint density at radius 1 is 1.08 bits per heavy atom. The zero-order valence-corrected chi connectivity index (χ0v) is 21.3. The normalized spacial score (nSPS) is 20.4. The van der Waals surface area contributed by atoms with Crippen molar-refractivity contribution in [2.75, 3.05) is 32.8 Å². The molecule has 0 radical (unpaired) electrons. The summed E-state index contributed by atoms with van der Waals surface area (Å²) in [6.07, 6.45) is 2.52. The number of benzene rings is 2. The van der Waals surface area contributed by atoms with Gasteiger partial charge in [-0.15, -0.1) is 0 Å². The van der Waals surface area contributed by atoms with Gasteiger partial charge in [0.05, 0.1) is 38.5 Å². The molecule has 2 aliphatic rings. The van der Waals surface area contributed by atoms with Gasteiger partial charge in [0.25, 0.3) is 0 Å². The van der Waals surface area contributed by atoms with E-state index in [4.69, 9.17) is 23.9 Å². The maximum absolute atomic E-state index is 12.1. The summed E-state index contributed by atoms with van der Waals surface area (Å²) in [7, 11) is 3.20. The van der Waals surface area contributed by atoms with Crippen LogP contribution in [0.2, 0.25) is 0 Å². The van der Waals surface area contributed by atoms with Gasteiger partial charge in [-0.25, -0.2) is 0 Å². The molecule has 192 valence electrons. The molecule has 1 aliphatic heterocycles. The van der Waals surface area contributed by atoms with Gasteiger partial charge in [-0.2, -0.15) is 0 Å². The fourth-order valence-corrected chi connectivity index (χ4v) is 5.06. The molecule has 1 amide bonds. The van der Waals surface area contributed by atoms with E-state index in [1.54, 1.807) is 14.2 Å². The number of anilines is 1.